The number of rotatable bonds is 7. The third kappa shape index (κ3) is 4.83. The van der Waals surface area contributed by atoms with Crippen LogP contribution in [0, 0.1) is 23.0 Å². The molecule has 0 saturated carbocycles. The van der Waals surface area contributed by atoms with Crippen LogP contribution in [0.1, 0.15) is 18.4 Å². The van der Waals surface area contributed by atoms with Crippen LogP contribution in [0.5, 0.6) is 0 Å². The van der Waals surface area contributed by atoms with Crippen LogP contribution < -0.4 is 4.90 Å². The van der Waals surface area contributed by atoms with Crippen molar-refractivity contribution in [1.82, 2.24) is 4.31 Å². The van der Waals surface area contributed by atoms with Crippen molar-refractivity contribution in [2.24, 2.45) is 5.92 Å². The van der Waals surface area contributed by atoms with E-state index in [1.54, 1.807) is 17.9 Å². The number of amides is 1. The Kier molecular flexibility index (Phi) is 6.87. The number of carbonyl (C=O) groups is 1. The van der Waals surface area contributed by atoms with Gasteiger partial charge in [-0.3, -0.25) is 14.9 Å². The highest BCUT2D eigenvalue weighted by molar-refractivity contribution is 7.89. The highest BCUT2D eigenvalue weighted by Gasteiger charge is 2.35. The van der Waals surface area contributed by atoms with Gasteiger partial charge in [0.15, 0.2) is 0 Å². The summed E-state index contributed by atoms with van der Waals surface area (Å²) in [4.78, 5) is 25.2. The molecule has 1 heterocycles. The lowest BCUT2D eigenvalue weighted by Crippen LogP contribution is -2.44. The predicted octanol–water partition coefficient (Wildman–Crippen LogP) is 3.52. The van der Waals surface area contributed by atoms with Gasteiger partial charge in [-0.1, -0.05) is 30.3 Å². The van der Waals surface area contributed by atoms with Crippen LogP contribution in [-0.4, -0.2) is 43.2 Å². The first kappa shape index (κ1) is 22.6. The molecule has 164 valence electrons. The van der Waals surface area contributed by atoms with Crippen LogP contribution in [0.25, 0.3) is 0 Å². The average Bonchev–Trinajstić information content (AvgIpc) is 2.77. The minimum atomic E-state index is -3.89. The van der Waals surface area contributed by atoms with Crippen LogP contribution in [-0.2, 0) is 14.8 Å². The number of piperidine rings is 1. The molecule has 9 heteroatoms. The van der Waals surface area contributed by atoms with Crippen molar-refractivity contribution >= 4 is 27.3 Å². The summed E-state index contributed by atoms with van der Waals surface area (Å²) in [5.41, 5.74) is 0.955. The minimum absolute atomic E-state index is 0.0605. The molecule has 0 atom stereocenters. The Bertz CT molecular complexity index is 1080. The maximum Gasteiger partial charge on any atom is 0.270 e. The summed E-state index contributed by atoms with van der Waals surface area (Å²) in [5.74, 6) is -0.368. The van der Waals surface area contributed by atoms with Crippen molar-refractivity contribution in [3.8, 4) is 0 Å². The predicted molar refractivity (Wildman–Crippen MR) is 118 cm³/mol. The van der Waals surface area contributed by atoms with Crippen LogP contribution in [0.2, 0.25) is 0 Å². The number of sulfonamides is 1. The van der Waals surface area contributed by atoms with Crippen molar-refractivity contribution in [1.29, 1.82) is 0 Å². The number of non-ortho nitro benzene ring substituents is 1. The van der Waals surface area contributed by atoms with Crippen molar-refractivity contribution in [3.63, 3.8) is 0 Å². The summed E-state index contributed by atoms with van der Waals surface area (Å²) >= 11 is 0. The molecule has 0 radical (unpaired) electrons. The number of anilines is 1. The van der Waals surface area contributed by atoms with Crippen molar-refractivity contribution in [2.75, 3.05) is 24.5 Å². The number of carbonyl (C=O) groups excluding carboxylic acids is 1. The highest BCUT2D eigenvalue weighted by Crippen LogP contribution is 2.29. The maximum absolute atomic E-state index is 13.1. The van der Waals surface area contributed by atoms with E-state index in [0.29, 0.717) is 24.9 Å². The molecule has 0 bridgehead atoms. The Labute approximate surface area is 182 Å². The number of para-hydroxylation sites is 1. The van der Waals surface area contributed by atoms with E-state index < -0.39 is 14.9 Å². The summed E-state index contributed by atoms with van der Waals surface area (Å²) < 4.78 is 27.5. The standard InChI is InChI=1S/C22H25N3O5S/c1-3-13-24(19-7-5-4-6-8-19)22(26)18-11-14-23(15-12-18)31(29,30)21-16-20(25(27)28)10-9-17(21)2/h3-10,16,18H,1,11-15H2,2H3. The molecule has 31 heavy (non-hydrogen) atoms. The van der Waals surface area contributed by atoms with Gasteiger partial charge in [0, 0.05) is 43.4 Å². The molecule has 8 nitrogen and oxygen atoms in total. The van der Waals surface area contributed by atoms with Crippen LogP contribution in [0.4, 0.5) is 11.4 Å². The van der Waals surface area contributed by atoms with E-state index in [9.17, 15) is 23.3 Å². The SMILES string of the molecule is C=CCN(C(=O)C1CCN(S(=O)(=O)c2cc([N+](=O)[O-])ccc2C)CC1)c1ccccc1. The van der Waals surface area contributed by atoms with Crippen LogP contribution in [0.15, 0.2) is 66.1 Å². The lowest BCUT2D eigenvalue weighted by molar-refractivity contribution is -0.385. The van der Waals surface area contributed by atoms with Gasteiger partial charge in [-0.15, -0.1) is 6.58 Å². The Morgan fingerprint density at radius 3 is 2.45 bits per heavy atom. The molecule has 0 unspecified atom stereocenters. The average molecular weight is 444 g/mol. The second-order valence-corrected chi connectivity index (χ2v) is 9.36. The third-order valence-electron chi connectivity index (χ3n) is 5.45. The summed E-state index contributed by atoms with van der Waals surface area (Å²) in [6, 6.07) is 13.1. The molecule has 3 rings (SSSR count). The van der Waals surface area contributed by atoms with Gasteiger partial charge in [0.1, 0.15) is 0 Å². The summed E-state index contributed by atoms with van der Waals surface area (Å²) in [7, 11) is -3.89. The second-order valence-electron chi connectivity index (χ2n) is 7.46. The number of nitrogens with zero attached hydrogens (tertiary/aromatic N) is 3. The molecule has 2 aromatic rings. The largest absolute Gasteiger partial charge is 0.308 e. The number of nitro benzene ring substituents is 1. The molecule has 1 saturated heterocycles. The lowest BCUT2D eigenvalue weighted by atomic mass is 9.96. The van der Waals surface area contributed by atoms with Crippen LogP contribution >= 0.6 is 0 Å². The number of hydrogen-bond acceptors (Lipinski definition) is 5. The molecule has 1 aliphatic heterocycles. The fourth-order valence-corrected chi connectivity index (χ4v) is 5.46. The van der Waals surface area contributed by atoms with Gasteiger partial charge in [-0.2, -0.15) is 4.31 Å². The van der Waals surface area contributed by atoms with E-state index >= 15 is 0 Å². The Morgan fingerprint density at radius 2 is 1.87 bits per heavy atom. The normalized spacial score (nSPS) is 15.4. The van der Waals surface area contributed by atoms with Crippen molar-refractivity contribution in [2.45, 2.75) is 24.7 Å². The zero-order chi connectivity index (χ0) is 22.6. The Morgan fingerprint density at radius 1 is 1.23 bits per heavy atom. The number of hydrogen-bond donors (Lipinski definition) is 0. The highest BCUT2D eigenvalue weighted by atomic mass is 32.2. The van der Waals surface area contributed by atoms with E-state index in [2.05, 4.69) is 6.58 Å². The summed E-state index contributed by atoms with van der Waals surface area (Å²) in [6.07, 6.45) is 2.43. The van der Waals surface area contributed by atoms with Gasteiger partial charge >= 0.3 is 0 Å². The fourth-order valence-electron chi connectivity index (χ4n) is 3.74. The van der Waals surface area contributed by atoms with Gasteiger partial charge < -0.3 is 4.90 Å². The molecule has 2 aromatic carbocycles. The number of benzene rings is 2. The zero-order valence-corrected chi connectivity index (χ0v) is 18.1. The monoisotopic (exact) mass is 443 g/mol. The Balaban J connectivity index is 1.75. The minimum Gasteiger partial charge on any atom is -0.308 e. The van der Waals surface area contributed by atoms with Gasteiger partial charge in [-0.05, 0) is 37.5 Å². The molecule has 1 fully saturated rings. The molecular weight excluding hydrogens is 418 g/mol. The smallest absolute Gasteiger partial charge is 0.270 e. The quantitative estimate of drug-likeness (QED) is 0.370. The summed E-state index contributed by atoms with van der Waals surface area (Å²) in [6.45, 7) is 6.07. The molecular formula is C22H25N3O5S. The van der Waals surface area contributed by atoms with Gasteiger partial charge in [0.2, 0.25) is 15.9 Å². The van der Waals surface area contributed by atoms with Gasteiger partial charge in [0.25, 0.3) is 5.69 Å². The Hall–Kier alpha value is -3.04. The van der Waals surface area contributed by atoms with Crippen molar-refractivity contribution < 1.29 is 18.1 Å². The zero-order valence-electron chi connectivity index (χ0n) is 17.3. The number of aryl methyl sites for hydroxylation is 1. The van der Waals surface area contributed by atoms with E-state index in [1.165, 1.54) is 16.4 Å². The maximum atomic E-state index is 13.1. The second kappa shape index (κ2) is 9.40. The van der Waals surface area contributed by atoms with E-state index in [0.717, 1.165) is 11.8 Å². The van der Waals surface area contributed by atoms with Gasteiger partial charge in [-0.25, -0.2) is 8.42 Å². The van der Waals surface area contributed by atoms with E-state index in [1.807, 2.05) is 30.3 Å². The topological polar surface area (TPSA) is 101 Å². The first-order valence-electron chi connectivity index (χ1n) is 9.98. The molecule has 1 amide bonds. The molecule has 0 aliphatic carbocycles. The molecule has 0 spiro atoms. The molecule has 0 N–H and O–H groups in total. The van der Waals surface area contributed by atoms with E-state index in [-0.39, 0.29) is 35.5 Å². The fraction of sp³-hybridized carbons (Fsp3) is 0.318. The molecule has 1 aliphatic rings. The van der Waals surface area contributed by atoms with Gasteiger partial charge in [0.05, 0.1) is 9.82 Å². The first-order valence-corrected chi connectivity index (χ1v) is 11.4. The molecule has 0 aromatic heterocycles. The third-order valence-corrected chi connectivity index (χ3v) is 7.49. The van der Waals surface area contributed by atoms with Crippen LogP contribution in [0.3, 0.4) is 0 Å². The number of nitro groups is 1. The first-order chi connectivity index (χ1) is 14.8. The summed E-state index contributed by atoms with van der Waals surface area (Å²) in [5, 5.41) is 11.1. The van der Waals surface area contributed by atoms with E-state index in [4.69, 9.17) is 0 Å². The van der Waals surface area contributed by atoms with Crippen molar-refractivity contribution in [3.05, 3.63) is 76.9 Å². The lowest BCUT2D eigenvalue weighted by Gasteiger charge is -2.33.